The highest BCUT2D eigenvalue weighted by molar-refractivity contribution is 5.76. The molecule has 5 nitrogen and oxygen atoms in total. The number of hydrogen-bond acceptors (Lipinski definition) is 3. The van der Waals surface area contributed by atoms with E-state index in [1.807, 2.05) is 0 Å². The number of hydrogen-bond donors (Lipinski definition) is 3. The molecule has 0 radical (unpaired) electrons. The fraction of sp³-hybridized carbons (Fsp3) is 0.818. The minimum atomic E-state index is -0.689. The second-order valence-electron chi connectivity index (χ2n) is 4.40. The quantitative estimate of drug-likeness (QED) is 0.632. The van der Waals surface area contributed by atoms with Crippen molar-refractivity contribution in [2.24, 2.45) is 17.6 Å². The Morgan fingerprint density at radius 1 is 1.25 bits per heavy atom. The molecular formula is C11H20N2O3. The van der Waals surface area contributed by atoms with Crippen LogP contribution in [0.1, 0.15) is 32.1 Å². The van der Waals surface area contributed by atoms with Crippen LogP contribution in [-0.2, 0) is 9.59 Å². The number of carbonyl (C=O) groups is 2. The number of aliphatic carboxylic acids is 1. The standard InChI is InChI=1S/C11H20N2O3/c12-6-5-10(14)13-7-8-1-3-9(4-2-8)11(15)16/h8-9H,1-7,12H2,(H,13,14)(H,15,16). The van der Waals surface area contributed by atoms with Gasteiger partial charge in [-0.1, -0.05) is 0 Å². The fourth-order valence-electron chi connectivity index (χ4n) is 2.09. The van der Waals surface area contributed by atoms with E-state index < -0.39 is 5.97 Å². The smallest absolute Gasteiger partial charge is 0.306 e. The molecule has 16 heavy (non-hydrogen) atoms. The van der Waals surface area contributed by atoms with Crippen LogP contribution in [0.25, 0.3) is 0 Å². The summed E-state index contributed by atoms with van der Waals surface area (Å²) in [5.41, 5.74) is 5.26. The van der Waals surface area contributed by atoms with Crippen LogP contribution < -0.4 is 11.1 Å². The molecule has 0 unspecified atom stereocenters. The third kappa shape index (κ3) is 4.18. The Morgan fingerprint density at radius 3 is 2.38 bits per heavy atom. The van der Waals surface area contributed by atoms with Crippen molar-refractivity contribution in [1.82, 2.24) is 5.32 Å². The second-order valence-corrected chi connectivity index (χ2v) is 4.40. The molecule has 1 rings (SSSR count). The predicted molar refractivity (Wildman–Crippen MR) is 59.8 cm³/mol. The maximum absolute atomic E-state index is 11.2. The van der Waals surface area contributed by atoms with Gasteiger partial charge in [-0.15, -0.1) is 0 Å². The predicted octanol–water partition coefficient (Wildman–Crippen LogP) is 0.342. The topological polar surface area (TPSA) is 92.4 Å². The van der Waals surface area contributed by atoms with Gasteiger partial charge in [-0.25, -0.2) is 0 Å². The van der Waals surface area contributed by atoms with Gasteiger partial charge < -0.3 is 16.2 Å². The average Bonchev–Trinajstić information content (AvgIpc) is 2.27. The van der Waals surface area contributed by atoms with Crippen LogP contribution in [0.3, 0.4) is 0 Å². The van der Waals surface area contributed by atoms with Crippen molar-refractivity contribution >= 4 is 11.9 Å². The first-order chi connectivity index (χ1) is 7.63. The first-order valence-corrected chi connectivity index (χ1v) is 5.83. The summed E-state index contributed by atoms with van der Waals surface area (Å²) in [7, 11) is 0. The maximum atomic E-state index is 11.2. The lowest BCUT2D eigenvalue weighted by Gasteiger charge is -2.26. The highest BCUT2D eigenvalue weighted by atomic mass is 16.4. The van der Waals surface area contributed by atoms with Crippen molar-refractivity contribution in [1.29, 1.82) is 0 Å². The van der Waals surface area contributed by atoms with Gasteiger partial charge in [0.25, 0.3) is 0 Å². The van der Waals surface area contributed by atoms with Gasteiger partial charge in [-0.05, 0) is 31.6 Å². The van der Waals surface area contributed by atoms with Crippen LogP contribution in [0.5, 0.6) is 0 Å². The Hall–Kier alpha value is -1.10. The first-order valence-electron chi connectivity index (χ1n) is 5.83. The molecule has 0 aromatic heterocycles. The van der Waals surface area contributed by atoms with E-state index in [-0.39, 0.29) is 11.8 Å². The largest absolute Gasteiger partial charge is 0.481 e. The van der Waals surface area contributed by atoms with Crippen molar-refractivity contribution in [3.63, 3.8) is 0 Å². The molecule has 1 amide bonds. The minimum Gasteiger partial charge on any atom is -0.481 e. The summed E-state index contributed by atoms with van der Waals surface area (Å²) in [5.74, 6) is -0.457. The molecule has 1 aliphatic rings. The van der Waals surface area contributed by atoms with Gasteiger partial charge in [0.05, 0.1) is 5.92 Å². The lowest BCUT2D eigenvalue weighted by molar-refractivity contribution is -0.143. The van der Waals surface area contributed by atoms with Crippen molar-refractivity contribution in [3.05, 3.63) is 0 Å². The van der Waals surface area contributed by atoms with Gasteiger partial charge in [0.1, 0.15) is 0 Å². The molecule has 1 saturated carbocycles. The Bertz CT molecular complexity index is 248. The molecule has 92 valence electrons. The van der Waals surface area contributed by atoms with Crippen LogP contribution in [-0.4, -0.2) is 30.1 Å². The summed E-state index contributed by atoms with van der Waals surface area (Å²) >= 11 is 0. The van der Waals surface area contributed by atoms with Crippen LogP contribution in [0.15, 0.2) is 0 Å². The van der Waals surface area contributed by atoms with E-state index in [4.69, 9.17) is 10.8 Å². The molecule has 0 aromatic rings. The summed E-state index contributed by atoms with van der Waals surface area (Å²) in [6, 6.07) is 0. The molecular weight excluding hydrogens is 208 g/mol. The molecule has 0 aliphatic heterocycles. The van der Waals surface area contributed by atoms with Gasteiger partial charge in [-0.3, -0.25) is 9.59 Å². The Kier molecular flexibility index (Phi) is 5.25. The number of nitrogens with one attached hydrogen (secondary N) is 1. The van der Waals surface area contributed by atoms with Gasteiger partial charge >= 0.3 is 5.97 Å². The Morgan fingerprint density at radius 2 is 1.88 bits per heavy atom. The van der Waals surface area contributed by atoms with Crippen molar-refractivity contribution in [3.8, 4) is 0 Å². The number of carboxylic acid groups (broad SMARTS) is 1. The van der Waals surface area contributed by atoms with Gasteiger partial charge in [0.15, 0.2) is 0 Å². The van der Waals surface area contributed by atoms with Gasteiger partial charge in [0, 0.05) is 19.5 Å². The summed E-state index contributed by atoms with van der Waals surface area (Å²) in [5, 5.41) is 11.7. The molecule has 0 bridgehead atoms. The lowest BCUT2D eigenvalue weighted by atomic mass is 9.82. The number of nitrogens with two attached hydrogens (primary N) is 1. The molecule has 0 spiro atoms. The van der Waals surface area contributed by atoms with E-state index in [1.165, 1.54) is 0 Å². The highest BCUT2D eigenvalue weighted by Crippen LogP contribution is 2.28. The fourth-order valence-corrected chi connectivity index (χ4v) is 2.09. The molecule has 0 heterocycles. The zero-order valence-electron chi connectivity index (χ0n) is 9.45. The molecule has 0 atom stereocenters. The van der Waals surface area contributed by atoms with Crippen molar-refractivity contribution in [2.75, 3.05) is 13.1 Å². The molecule has 5 heteroatoms. The monoisotopic (exact) mass is 228 g/mol. The zero-order valence-corrected chi connectivity index (χ0v) is 9.45. The summed E-state index contributed by atoms with van der Waals surface area (Å²) in [4.78, 5) is 21.9. The zero-order chi connectivity index (χ0) is 12.0. The summed E-state index contributed by atoms with van der Waals surface area (Å²) in [6.07, 6.45) is 3.60. The molecule has 1 fully saturated rings. The average molecular weight is 228 g/mol. The number of rotatable bonds is 5. The first kappa shape index (κ1) is 13.0. The van der Waals surface area contributed by atoms with E-state index in [2.05, 4.69) is 5.32 Å². The van der Waals surface area contributed by atoms with E-state index >= 15 is 0 Å². The van der Waals surface area contributed by atoms with E-state index in [9.17, 15) is 9.59 Å². The third-order valence-corrected chi connectivity index (χ3v) is 3.16. The van der Waals surface area contributed by atoms with Crippen LogP contribution in [0.4, 0.5) is 0 Å². The minimum absolute atomic E-state index is 0.0112. The lowest BCUT2D eigenvalue weighted by Crippen LogP contribution is -2.33. The van der Waals surface area contributed by atoms with E-state index in [0.717, 1.165) is 25.7 Å². The van der Waals surface area contributed by atoms with E-state index in [0.29, 0.717) is 25.4 Å². The molecule has 0 aromatic carbocycles. The van der Waals surface area contributed by atoms with Crippen LogP contribution in [0, 0.1) is 11.8 Å². The molecule has 4 N–H and O–H groups in total. The number of carbonyl (C=O) groups excluding carboxylic acids is 1. The Labute approximate surface area is 95.4 Å². The summed E-state index contributed by atoms with van der Waals surface area (Å²) in [6.45, 7) is 1.03. The highest BCUT2D eigenvalue weighted by Gasteiger charge is 2.25. The third-order valence-electron chi connectivity index (χ3n) is 3.16. The number of carboxylic acids is 1. The number of amides is 1. The molecule has 1 aliphatic carbocycles. The second kappa shape index (κ2) is 6.48. The van der Waals surface area contributed by atoms with Crippen LogP contribution >= 0.6 is 0 Å². The Balaban J connectivity index is 2.17. The normalized spacial score (nSPS) is 25.1. The van der Waals surface area contributed by atoms with Crippen molar-refractivity contribution < 1.29 is 14.7 Å². The maximum Gasteiger partial charge on any atom is 0.306 e. The van der Waals surface area contributed by atoms with Gasteiger partial charge in [-0.2, -0.15) is 0 Å². The van der Waals surface area contributed by atoms with Crippen molar-refractivity contribution in [2.45, 2.75) is 32.1 Å². The van der Waals surface area contributed by atoms with Crippen LogP contribution in [0.2, 0.25) is 0 Å². The SMILES string of the molecule is NCCC(=O)NCC1CCC(C(=O)O)CC1. The van der Waals surface area contributed by atoms with E-state index in [1.54, 1.807) is 0 Å². The van der Waals surface area contributed by atoms with Gasteiger partial charge in [0.2, 0.25) is 5.91 Å². The summed E-state index contributed by atoms with van der Waals surface area (Å²) < 4.78 is 0. The molecule has 0 saturated heterocycles.